The third kappa shape index (κ3) is 3.99. The molecule has 0 N–H and O–H groups in total. The SMILES string of the molecule is c1ccc(-c2nc(-c3cccnc3)nc(-c3cccc(-n4c5cccc6ccc7c8ccccc8n(c8ccccc84)c7c65)c3)n2)cc1. The van der Waals surface area contributed by atoms with Crippen molar-refractivity contribution in [2.24, 2.45) is 0 Å². The fraction of sp³-hybridized carbons (Fsp3) is 0. The van der Waals surface area contributed by atoms with Crippen molar-refractivity contribution in [2.75, 3.05) is 0 Å². The molecule has 4 heterocycles. The van der Waals surface area contributed by atoms with Gasteiger partial charge in [-0.2, -0.15) is 0 Å². The number of fused-ring (bicyclic) bond motifs is 5. The smallest absolute Gasteiger partial charge is 0.165 e. The zero-order chi connectivity index (χ0) is 31.6. The van der Waals surface area contributed by atoms with Gasteiger partial charge in [-0.15, -0.1) is 0 Å². The van der Waals surface area contributed by atoms with Crippen molar-refractivity contribution in [3.8, 4) is 39.9 Å². The summed E-state index contributed by atoms with van der Waals surface area (Å²) in [4.78, 5) is 19.2. The Kier molecular flexibility index (Phi) is 5.77. The van der Waals surface area contributed by atoms with Crippen molar-refractivity contribution in [3.05, 3.63) is 158 Å². The highest BCUT2D eigenvalue weighted by atomic mass is 15.0. The molecule has 0 aliphatic carbocycles. The van der Waals surface area contributed by atoms with E-state index < -0.39 is 0 Å². The van der Waals surface area contributed by atoms with Crippen LogP contribution in [0.1, 0.15) is 0 Å². The van der Waals surface area contributed by atoms with E-state index >= 15 is 0 Å². The molecule has 0 aliphatic rings. The summed E-state index contributed by atoms with van der Waals surface area (Å²) >= 11 is 0. The van der Waals surface area contributed by atoms with Crippen molar-refractivity contribution in [1.29, 1.82) is 0 Å². The lowest BCUT2D eigenvalue weighted by atomic mass is 10.0. The van der Waals surface area contributed by atoms with Crippen molar-refractivity contribution in [1.82, 2.24) is 28.9 Å². The van der Waals surface area contributed by atoms with E-state index in [4.69, 9.17) is 15.0 Å². The molecule has 6 heteroatoms. The topological polar surface area (TPSA) is 60.9 Å². The van der Waals surface area contributed by atoms with Gasteiger partial charge in [-0.25, -0.2) is 15.0 Å². The summed E-state index contributed by atoms with van der Waals surface area (Å²) in [6.07, 6.45) is 3.55. The van der Waals surface area contributed by atoms with Crippen LogP contribution >= 0.6 is 0 Å². The van der Waals surface area contributed by atoms with E-state index in [9.17, 15) is 0 Å². The fourth-order valence-electron chi connectivity index (χ4n) is 7.12. The van der Waals surface area contributed by atoms with Crippen LogP contribution in [0.15, 0.2) is 158 Å². The zero-order valence-corrected chi connectivity index (χ0v) is 25.7. The largest absolute Gasteiger partial charge is 0.308 e. The summed E-state index contributed by atoms with van der Waals surface area (Å²) in [5, 5.41) is 4.92. The molecule has 6 aromatic carbocycles. The summed E-state index contributed by atoms with van der Waals surface area (Å²) in [5.74, 6) is 1.80. The molecule has 0 atom stereocenters. The second-order valence-corrected chi connectivity index (χ2v) is 12.0. The predicted octanol–water partition coefficient (Wildman–Crippen LogP) is 9.92. The third-order valence-electron chi connectivity index (χ3n) is 9.21. The minimum Gasteiger partial charge on any atom is -0.308 e. The average molecular weight is 615 g/mol. The van der Waals surface area contributed by atoms with Crippen LogP contribution in [0.25, 0.3) is 89.0 Å². The van der Waals surface area contributed by atoms with Gasteiger partial charge in [0.1, 0.15) is 0 Å². The molecule has 0 spiro atoms. The van der Waals surface area contributed by atoms with Crippen LogP contribution in [-0.4, -0.2) is 28.9 Å². The van der Waals surface area contributed by atoms with Gasteiger partial charge in [0, 0.05) is 50.9 Å². The van der Waals surface area contributed by atoms with Crippen LogP contribution in [0.5, 0.6) is 0 Å². The Balaban J connectivity index is 1.29. The standard InChI is InChI=1S/C42H26N6/c1-2-11-28(12-3-1)40-44-41(46-42(45-40)30-15-10-24-43-26-30)29-14-8-16-31(25-29)47-35-19-6-7-20-36(35)48-34-18-5-4-17-32(34)33-23-22-27-13-9-21-37(47)38(27)39(33)48/h1-26H. The molecular formula is C42H26N6. The minimum atomic E-state index is 0.583. The predicted molar refractivity (Wildman–Crippen MR) is 194 cm³/mol. The van der Waals surface area contributed by atoms with Gasteiger partial charge < -0.3 is 8.97 Å². The first kappa shape index (κ1) is 26.5. The van der Waals surface area contributed by atoms with Crippen molar-refractivity contribution < 1.29 is 0 Å². The summed E-state index contributed by atoms with van der Waals surface area (Å²) < 4.78 is 4.82. The molecule has 0 fully saturated rings. The highest BCUT2D eigenvalue weighted by Crippen LogP contribution is 2.40. The van der Waals surface area contributed by atoms with Gasteiger partial charge in [0.25, 0.3) is 0 Å². The van der Waals surface area contributed by atoms with E-state index in [2.05, 4.69) is 117 Å². The first-order valence-electron chi connectivity index (χ1n) is 16.0. The van der Waals surface area contributed by atoms with E-state index in [1.165, 1.54) is 32.6 Å². The van der Waals surface area contributed by atoms with E-state index in [0.29, 0.717) is 17.5 Å². The Morgan fingerprint density at radius 1 is 0.438 bits per heavy atom. The molecule has 10 aromatic rings. The van der Waals surface area contributed by atoms with E-state index in [0.717, 1.165) is 38.9 Å². The molecule has 0 unspecified atom stereocenters. The molecule has 48 heavy (non-hydrogen) atoms. The van der Waals surface area contributed by atoms with Crippen LogP contribution in [0.2, 0.25) is 0 Å². The van der Waals surface area contributed by atoms with Gasteiger partial charge >= 0.3 is 0 Å². The van der Waals surface area contributed by atoms with Crippen LogP contribution in [0.4, 0.5) is 0 Å². The Bertz CT molecular complexity index is 2760. The molecule has 6 nitrogen and oxygen atoms in total. The summed E-state index contributed by atoms with van der Waals surface area (Å²) in [7, 11) is 0. The third-order valence-corrected chi connectivity index (χ3v) is 9.21. The van der Waals surface area contributed by atoms with Crippen LogP contribution in [0.3, 0.4) is 0 Å². The van der Waals surface area contributed by atoms with Gasteiger partial charge in [0.15, 0.2) is 17.5 Å². The minimum absolute atomic E-state index is 0.583. The number of pyridine rings is 1. The van der Waals surface area contributed by atoms with Gasteiger partial charge in [-0.3, -0.25) is 4.98 Å². The summed E-state index contributed by atoms with van der Waals surface area (Å²) in [6.45, 7) is 0. The van der Waals surface area contributed by atoms with E-state index in [-0.39, 0.29) is 0 Å². The first-order valence-corrected chi connectivity index (χ1v) is 16.0. The van der Waals surface area contributed by atoms with Crippen molar-refractivity contribution in [2.45, 2.75) is 0 Å². The van der Waals surface area contributed by atoms with Crippen LogP contribution in [0, 0.1) is 0 Å². The molecule has 0 bridgehead atoms. The van der Waals surface area contributed by atoms with Gasteiger partial charge in [-0.1, -0.05) is 97.1 Å². The van der Waals surface area contributed by atoms with E-state index in [1.54, 1.807) is 12.4 Å². The molecular weight excluding hydrogens is 589 g/mol. The lowest BCUT2D eigenvalue weighted by molar-refractivity contribution is 1.07. The summed E-state index contributed by atoms with van der Waals surface area (Å²) in [6, 6.07) is 50.9. The number of nitrogens with zero attached hydrogens (tertiary/aromatic N) is 6. The van der Waals surface area contributed by atoms with Gasteiger partial charge in [0.05, 0.1) is 27.6 Å². The maximum Gasteiger partial charge on any atom is 0.165 e. The number of para-hydroxylation sites is 3. The molecule has 0 amide bonds. The molecule has 0 saturated heterocycles. The zero-order valence-electron chi connectivity index (χ0n) is 25.7. The Labute approximate surface area is 275 Å². The number of benzene rings is 6. The Hall–Kier alpha value is -6.66. The van der Waals surface area contributed by atoms with E-state index in [1.807, 2.05) is 42.5 Å². The summed E-state index contributed by atoms with van der Waals surface area (Å²) in [5.41, 5.74) is 9.45. The van der Waals surface area contributed by atoms with Gasteiger partial charge in [-0.05, 0) is 53.9 Å². The number of hydrogen-bond acceptors (Lipinski definition) is 4. The quantitative estimate of drug-likeness (QED) is 0.198. The molecule has 10 rings (SSSR count). The monoisotopic (exact) mass is 614 g/mol. The first-order chi connectivity index (χ1) is 23.8. The van der Waals surface area contributed by atoms with Crippen LogP contribution < -0.4 is 0 Å². The maximum atomic E-state index is 5.01. The number of aromatic nitrogens is 6. The second-order valence-electron chi connectivity index (χ2n) is 12.0. The Morgan fingerprint density at radius 2 is 1.10 bits per heavy atom. The number of hydrogen-bond donors (Lipinski definition) is 0. The van der Waals surface area contributed by atoms with Crippen molar-refractivity contribution >= 4 is 49.1 Å². The molecule has 224 valence electrons. The average Bonchev–Trinajstić information content (AvgIpc) is 3.43. The van der Waals surface area contributed by atoms with Gasteiger partial charge in [0.2, 0.25) is 0 Å². The lowest BCUT2D eigenvalue weighted by Gasteiger charge is -2.14. The van der Waals surface area contributed by atoms with Crippen molar-refractivity contribution in [3.63, 3.8) is 0 Å². The Morgan fingerprint density at radius 3 is 1.94 bits per heavy atom. The maximum absolute atomic E-state index is 5.01. The lowest BCUT2D eigenvalue weighted by Crippen LogP contribution is -2.02. The fourth-order valence-corrected chi connectivity index (χ4v) is 7.12. The molecule has 0 saturated carbocycles. The molecule has 0 aliphatic heterocycles. The second kappa shape index (κ2) is 10.4. The highest BCUT2D eigenvalue weighted by molar-refractivity contribution is 6.23. The molecule has 0 radical (unpaired) electrons. The molecule has 4 aromatic heterocycles. The van der Waals surface area contributed by atoms with Crippen LogP contribution in [-0.2, 0) is 0 Å². The normalized spacial score (nSPS) is 11.8. The highest BCUT2D eigenvalue weighted by Gasteiger charge is 2.19. The number of rotatable bonds is 4.